The van der Waals surface area contributed by atoms with E-state index >= 15 is 0 Å². The summed E-state index contributed by atoms with van der Waals surface area (Å²) in [5.41, 5.74) is 1.81. The number of fused-ring (bicyclic) bond motifs is 1. The van der Waals surface area contributed by atoms with E-state index < -0.39 is 0 Å². The summed E-state index contributed by atoms with van der Waals surface area (Å²) in [7, 11) is 1.65. The van der Waals surface area contributed by atoms with Crippen LogP contribution in [0.3, 0.4) is 0 Å². The quantitative estimate of drug-likeness (QED) is 0.689. The Morgan fingerprint density at radius 2 is 1.76 bits per heavy atom. The number of benzene rings is 1. The zero-order chi connectivity index (χ0) is 19.2. The molecule has 0 aliphatic carbocycles. The Hall–Kier alpha value is -1.81. The molecule has 1 N–H and O–H groups in total. The van der Waals surface area contributed by atoms with Crippen molar-refractivity contribution in [1.82, 2.24) is 4.98 Å². The molecule has 1 aromatic heterocycles. The first-order chi connectivity index (χ1) is 12.0. The van der Waals surface area contributed by atoms with Gasteiger partial charge in [0.2, 0.25) is 0 Å². The molecule has 25 heavy (non-hydrogen) atoms. The minimum Gasteiger partial charge on any atom is -0.506 e. The summed E-state index contributed by atoms with van der Waals surface area (Å²) in [5.74, 6) is 1.48. The lowest BCUT2D eigenvalue weighted by Gasteiger charge is -2.12. The molecule has 0 amide bonds. The fourth-order valence-corrected chi connectivity index (χ4v) is 2.17. The molecular formula is C21H35NO3. The van der Waals surface area contributed by atoms with Crippen LogP contribution in [0.4, 0.5) is 0 Å². The Balaban J connectivity index is 0.00000104. The summed E-state index contributed by atoms with van der Waals surface area (Å²) in [4.78, 5) is 4.26. The van der Waals surface area contributed by atoms with Crippen LogP contribution in [-0.2, 0) is 11.2 Å². The predicted octanol–water partition coefficient (Wildman–Crippen LogP) is 5.61. The molecule has 4 heteroatoms. The third-order valence-corrected chi connectivity index (χ3v) is 3.10. The van der Waals surface area contributed by atoms with Gasteiger partial charge in [-0.25, -0.2) is 0 Å². The second-order valence-corrected chi connectivity index (χ2v) is 5.95. The molecule has 1 heterocycles. The fraction of sp³-hybridized carbons (Fsp3) is 0.571. The Morgan fingerprint density at radius 3 is 2.32 bits per heavy atom. The van der Waals surface area contributed by atoms with Crippen LogP contribution >= 0.6 is 0 Å². The molecule has 0 fully saturated rings. The number of hydrogen-bond acceptors (Lipinski definition) is 4. The van der Waals surface area contributed by atoms with Crippen molar-refractivity contribution < 1.29 is 14.6 Å². The van der Waals surface area contributed by atoms with E-state index in [2.05, 4.69) is 32.7 Å². The zero-order valence-electron chi connectivity index (χ0n) is 16.9. The minimum absolute atomic E-state index is 0.250. The second-order valence-electron chi connectivity index (χ2n) is 5.95. The van der Waals surface area contributed by atoms with Gasteiger partial charge in [-0.3, -0.25) is 4.98 Å². The number of aromatic nitrogens is 1. The highest BCUT2D eigenvalue weighted by molar-refractivity contribution is 5.85. The molecule has 2 rings (SSSR count). The molecule has 0 spiro atoms. The van der Waals surface area contributed by atoms with Crippen LogP contribution in [0.25, 0.3) is 10.9 Å². The number of rotatable bonds is 6. The predicted molar refractivity (Wildman–Crippen MR) is 107 cm³/mol. The third-order valence-electron chi connectivity index (χ3n) is 3.10. The molecule has 0 atom stereocenters. The van der Waals surface area contributed by atoms with Gasteiger partial charge >= 0.3 is 0 Å². The van der Waals surface area contributed by atoms with Crippen molar-refractivity contribution in [1.29, 1.82) is 0 Å². The van der Waals surface area contributed by atoms with Crippen molar-refractivity contribution in [2.75, 3.05) is 20.3 Å². The number of ether oxygens (including phenoxy) is 2. The van der Waals surface area contributed by atoms with Gasteiger partial charge in [-0.15, -0.1) is 0 Å². The normalized spacial score (nSPS) is 9.92. The van der Waals surface area contributed by atoms with Crippen LogP contribution < -0.4 is 4.74 Å². The first-order valence-electron chi connectivity index (χ1n) is 9.25. The SMILES string of the molecule is CC.CCC.COCCOc1ccc2ncc(O)c(CC(C)C)c2c1. The Bertz CT molecular complexity index is 597. The maximum Gasteiger partial charge on any atom is 0.137 e. The standard InChI is InChI=1S/C16H21NO3.C3H8.C2H6/c1-11(2)8-14-13-9-12(20-7-6-19-3)4-5-15(13)17-10-16(14)18;1-3-2;1-2/h4-5,9-11,18H,6-8H2,1-3H3;3H2,1-2H3;1-2H3. The molecule has 0 saturated heterocycles. The van der Waals surface area contributed by atoms with E-state index in [1.807, 2.05) is 32.0 Å². The lowest BCUT2D eigenvalue weighted by molar-refractivity contribution is 0.146. The van der Waals surface area contributed by atoms with Gasteiger partial charge in [0.15, 0.2) is 0 Å². The van der Waals surface area contributed by atoms with E-state index in [4.69, 9.17) is 9.47 Å². The van der Waals surface area contributed by atoms with E-state index in [1.165, 1.54) is 12.6 Å². The molecule has 0 bridgehead atoms. The van der Waals surface area contributed by atoms with Crippen LogP contribution in [-0.4, -0.2) is 30.4 Å². The van der Waals surface area contributed by atoms with E-state index in [0.29, 0.717) is 19.1 Å². The molecule has 0 radical (unpaired) electrons. The van der Waals surface area contributed by atoms with Gasteiger partial charge in [0.1, 0.15) is 18.1 Å². The van der Waals surface area contributed by atoms with Crippen molar-refractivity contribution in [2.24, 2.45) is 5.92 Å². The largest absolute Gasteiger partial charge is 0.506 e. The summed E-state index contributed by atoms with van der Waals surface area (Å²) in [6.45, 7) is 13.6. The van der Waals surface area contributed by atoms with Crippen LogP contribution in [0.2, 0.25) is 0 Å². The third kappa shape index (κ3) is 8.21. The number of nitrogens with zero attached hydrogens (tertiary/aromatic N) is 1. The molecule has 2 aromatic rings. The van der Waals surface area contributed by atoms with E-state index in [1.54, 1.807) is 7.11 Å². The average molecular weight is 350 g/mol. The summed E-state index contributed by atoms with van der Waals surface area (Å²) < 4.78 is 10.6. The maximum atomic E-state index is 10.0. The van der Waals surface area contributed by atoms with Crippen molar-refractivity contribution >= 4 is 10.9 Å². The Labute approximate surface area is 153 Å². The van der Waals surface area contributed by atoms with E-state index in [9.17, 15) is 5.11 Å². The van der Waals surface area contributed by atoms with Crippen molar-refractivity contribution in [3.63, 3.8) is 0 Å². The van der Waals surface area contributed by atoms with Gasteiger partial charge in [-0.1, -0.05) is 48.0 Å². The molecule has 142 valence electrons. The van der Waals surface area contributed by atoms with Crippen molar-refractivity contribution in [2.45, 2.75) is 54.4 Å². The number of aromatic hydroxyl groups is 1. The van der Waals surface area contributed by atoms with Gasteiger partial charge in [0, 0.05) is 18.1 Å². The first-order valence-corrected chi connectivity index (χ1v) is 9.25. The lowest BCUT2D eigenvalue weighted by Crippen LogP contribution is -2.04. The first kappa shape index (κ1) is 23.2. The van der Waals surface area contributed by atoms with E-state index in [0.717, 1.165) is 28.6 Å². The summed E-state index contributed by atoms with van der Waals surface area (Å²) >= 11 is 0. The van der Waals surface area contributed by atoms with Crippen LogP contribution in [0, 0.1) is 5.92 Å². The minimum atomic E-state index is 0.250. The van der Waals surface area contributed by atoms with Crippen LogP contribution in [0.5, 0.6) is 11.5 Å². The van der Waals surface area contributed by atoms with Gasteiger partial charge < -0.3 is 14.6 Å². The second kappa shape index (κ2) is 13.5. The highest BCUT2D eigenvalue weighted by atomic mass is 16.5. The smallest absolute Gasteiger partial charge is 0.137 e. The molecule has 0 unspecified atom stereocenters. The van der Waals surface area contributed by atoms with Crippen LogP contribution in [0.15, 0.2) is 24.4 Å². The van der Waals surface area contributed by atoms with Crippen molar-refractivity contribution in [3.8, 4) is 11.5 Å². The van der Waals surface area contributed by atoms with E-state index in [-0.39, 0.29) is 5.75 Å². The summed E-state index contributed by atoms with van der Waals surface area (Å²) in [5, 5.41) is 11.0. The molecular weight excluding hydrogens is 314 g/mol. The lowest BCUT2D eigenvalue weighted by atomic mass is 9.98. The topological polar surface area (TPSA) is 51.6 Å². The monoisotopic (exact) mass is 349 g/mol. The molecule has 0 aliphatic heterocycles. The average Bonchev–Trinajstić information content (AvgIpc) is 2.60. The molecule has 4 nitrogen and oxygen atoms in total. The fourth-order valence-electron chi connectivity index (χ4n) is 2.17. The Kier molecular flexibility index (Phi) is 12.5. The highest BCUT2D eigenvalue weighted by Gasteiger charge is 2.11. The summed E-state index contributed by atoms with van der Waals surface area (Å²) in [6.07, 6.45) is 3.58. The summed E-state index contributed by atoms with van der Waals surface area (Å²) in [6, 6.07) is 5.75. The number of pyridine rings is 1. The Morgan fingerprint density at radius 1 is 1.12 bits per heavy atom. The van der Waals surface area contributed by atoms with Gasteiger partial charge in [0.05, 0.1) is 18.3 Å². The van der Waals surface area contributed by atoms with Gasteiger partial charge in [0.25, 0.3) is 0 Å². The van der Waals surface area contributed by atoms with Gasteiger partial charge in [-0.2, -0.15) is 0 Å². The highest BCUT2D eigenvalue weighted by Crippen LogP contribution is 2.30. The molecule has 0 saturated carbocycles. The number of hydrogen-bond donors (Lipinski definition) is 1. The van der Waals surface area contributed by atoms with Gasteiger partial charge in [-0.05, 0) is 30.5 Å². The van der Waals surface area contributed by atoms with Crippen molar-refractivity contribution in [3.05, 3.63) is 30.0 Å². The molecule has 0 aliphatic rings. The maximum absolute atomic E-state index is 10.0. The van der Waals surface area contributed by atoms with Crippen LogP contribution in [0.1, 0.15) is 53.5 Å². The number of methoxy groups -OCH3 is 1. The zero-order valence-corrected chi connectivity index (χ0v) is 16.9. The molecule has 1 aromatic carbocycles.